The van der Waals surface area contributed by atoms with Gasteiger partial charge in [0.1, 0.15) is 22.4 Å². The van der Waals surface area contributed by atoms with Gasteiger partial charge in [-0.3, -0.25) is 0 Å². The minimum Gasteiger partial charge on any atom is -0.172 e. The molecule has 0 spiro atoms. The Morgan fingerprint density at radius 1 is 0.423 bits per heavy atom. The number of fused-ring (bicyclic) bond motifs is 2. The van der Waals surface area contributed by atoms with Gasteiger partial charge in [0.2, 0.25) is 0 Å². The highest BCUT2D eigenvalue weighted by atomic mass is 32.1. The molecule has 0 radical (unpaired) electrons. The van der Waals surface area contributed by atoms with Crippen LogP contribution in [0.5, 0.6) is 0 Å². The van der Waals surface area contributed by atoms with Gasteiger partial charge in [0, 0.05) is 30.6 Å². The minimum atomic E-state index is 0.920. The summed E-state index contributed by atoms with van der Waals surface area (Å²) in [6.07, 6.45) is 21.2. The zero-order valence-corrected chi connectivity index (χ0v) is 33.9. The topological polar surface area (TPSA) is 50.5 Å². The molecule has 0 amide bonds. The first kappa shape index (κ1) is 37.0. The van der Waals surface area contributed by atoms with Gasteiger partial charge in [-0.1, -0.05) is 139 Å². The largest absolute Gasteiger partial charge is 0.172 e. The van der Waals surface area contributed by atoms with E-state index in [0.717, 1.165) is 56.1 Å². The van der Waals surface area contributed by atoms with Crippen LogP contribution in [0.3, 0.4) is 0 Å². The zero-order chi connectivity index (χ0) is 35.5. The molecule has 0 unspecified atom stereocenters. The van der Waals surface area contributed by atoms with Crippen LogP contribution >= 0.6 is 34.4 Å². The summed E-state index contributed by atoms with van der Waals surface area (Å²) in [6, 6.07) is 27.3. The van der Waals surface area contributed by atoms with Gasteiger partial charge in [-0.25, -0.2) is 0 Å². The monoisotopic (exact) mass is 762 g/mol. The Bertz CT molecular complexity index is 1970. The van der Waals surface area contributed by atoms with Crippen LogP contribution in [-0.4, -0.2) is 8.75 Å². The molecule has 0 N–H and O–H groups in total. The first-order valence-corrected chi connectivity index (χ1v) is 22.6. The number of aryl methyl sites for hydroxylation is 2. The molecule has 4 nitrogen and oxygen atoms in total. The number of hydrogen-bond donors (Lipinski definition) is 0. The van der Waals surface area contributed by atoms with Crippen LogP contribution in [0.2, 0.25) is 0 Å². The van der Waals surface area contributed by atoms with E-state index in [1.54, 1.807) is 22.7 Å². The summed E-state index contributed by atoms with van der Waals surface area (Å²) in [6.45, 7) is 4.56. The quantitative estimate of drug-likeness (QED) is 0.0726. The van der Waals surface area contributed by atoms with Crippen molar-refractivity contribution in [1.82, 2.24) is 8.75 Å². The van der Waals surface area contributed by atoms with Gasteiger partial charge in [0.05, 0.1) is 23.1 Å². The maximum atomic E-state index is 4.86. The molecule has 0 bridgehead atoms. The van der Waals surface area contributed by atoms with E-state index in [1.807, 2.05) is 0 Å². The predicted molar refractivity (Wildman–Crippen MR) is 230 cm³/mol. The van der Waals surface area contributed by atoms with E-state index in [0.29, 0.717) is 0 Å². The molecular formula is C44H50N4S4. The van der Waals surface area contributed by atoms with E-state index in [-0.39, 0.29) is 0 Å². The normalized spacial score (nSPS) is 12.2. The Morgan fingerprint density at radius 3 is 1.23 bits per heavy atom. The lowest BCUT2D eigenvalue weighted by molar-refractivity contribution is 0.589. The molecule has 52 heavy (non-hydrogen) atoms. The molecular weight excluding hydrogens is 713 g/mol. The van der Waals surface area contributed by atoms with Gasteiger partial charge < -0.3 is 0 Å². The van der Waals surface area contributed by atoms with E-state index >= 15 is 0 Å². The number of unbranched alkanes of at least 4 members (excludes halogenated alkanes) is 12. The van der Waals surface area contributed by atoms with Crippen LogP contribution in [0.25, 0.3) is 52.8 Å². The van der Waals surface area contributed by atoms with Crippen LogP contribution in [0.4, 0.5) is 11.4 Å². The molecule has 0 aliphatic carbocycles. The Morgan fingerprint density at radius 2 is 0.808 bits per heavy atom. The van der Waals surface area contributed by atoms with Crippen LogP contribution in [-0.2, 0) is 24.2 Å². The standard InChI is InChI=1S/C44H50N4S4/c1-3-5-7-9-11-13-15-17-31-19-23-33(24-20-31)35-27-29-37(49-35)39-41-43(47-51-45-41)40(44-42(39)46-52-48-44)38-30-28-36(50-38)34-25-21-32(22-26-34)18-16-14-12-10-8-6-4-2/h19-30H,3-18H2,1-2H3. The van der Waals surface area contributed by atoms with Gasteiger partial charge in [-0.15, -0.1) is 22.7 Å². The van der Waals surface area contributed by atoms with E-state index in [4.69, 9.17) is 17.5 Å². The molecule has 270 valence electrons. The van der Waals surface area contributed by atoms with Gasteiger partial charge in [0.15, 0.2) is 0 Å². The van der Waals surface area contributed by atoms with Crippen molar-refractivity contribution in [3.05, 3.63) is 83.9 Å². The lowest BCUT2D eigenvalue weighted by atomic mass is 10.0. The molecule has 0 saturated heterocycles. The van der Waals surface area contributed by atoms with E-state index in [9.17, 15) is 0 Å². The van der Waals surface area contributed by atoms with Crippen molar-refractivity contribution in [1.29, 1.82) is 0 Å². The number of hydrogen-bond acceptors (Lipinski definition) is 7. The fraction of sp³-hybridized carbons (Fsp3) is 0.409. The molecule has 7 rings (SSSR count). The Kier molecular flexibility index (Phi) is 13.3. The van der Waals surface area contributed by atoms with E-state index < -0.39 is 0 Å². The average Bonchev–Trinajstić information content (AvgIpc) is 4.02. The number of rotatable bonds is 20. The predicted octanol–water partition coefficient (Wildman–Crippen LogP) is 15.8. The summed E-state index contributed by atoms with van der Waals surface area (Å²) in [7, 11) is 0. The number of benzene rings is 3. The van der Waals surface area contributed by atoms with Crippen molar-refractivity contribution in [3.63, 3.8) is 0 Å². The highest BCUT2D eigenvalue weighted by Crippen LogP contribution is 2.54. The molecule has 0 fully saturated rings. The summed E-state index contributed by atoms with van der Waals surface area (Å²) >= 11 is 6.16. The maximum absolute atomic E-state index is 4.86. The maximum Gasteiger partial charge on any atom is 0.116 e. The Hall–Kier alpha value is -3.30. The number of nitrogens with zero attached hydrogens (tertiary/aromatic N) is 4. The van der Waals surface area contributed by atoms with Crippen molar-refractivity contribution >= 4 is 68.2 Å². The van der Waals surface area contributed by atoms with Gasteiger partial charge in [-0.05, 0) is 72.2 Å². The summed E-state index contributed by atoms with van der Waals surface area (Å²) in [5.74, 6) is 0. The van der Waals surface area contributed by atoms with Crippen molar-refractivity contribution in [3.8, 4) is 41.8 Å². The van der Waals surface area contributed by atoms with Crippen LogP contribution < -0.4 is 0 Å². The van der Waals surface area contributed by atoms with Crippen LogP contribution in [0, 0.1) is 0 Å². The second-order valence-corrected chi connectivity index (χ2v) is 17.4. The van der Waals surface area contributed by atoms with Crippen LogP contribution in [0.15, 0.2) is 81.5 Å². The number of aromatic nitrogens is 2. The Labute approximate surface area is 326 Å². The highest BCUT2D eigenvalue weighted by Gasteiger charge is 2.27. The lowest BCUT2D eigenvalue weighted by Crippen LogP contribution is -1.86. The van der Waals surface area contributed by atoms with E-state index in [1.165, 1.54) is 145 Å². The molecule has 1 aliphatic heterocycles. The van der Waals surface area contributed by atoms with E-state index in [2.05, 4.69) is 86.6 Å². The molecule has 8 heteroatoms. The van der Waals surface area contributed by atoms with Gasteiger partial charge >= 0.3 is 0 Å². The summed E-state index contributed by atoms with van der Waals surface area (Å²) in [4.78, 5) is 4.83. The fourth-order valence-electron chi connectivity index (χ4n) is 7.22. The van der Waals surface area contributed by atoms with Gasteiger partial charge in [0.25, 0.3) is 0 Å². The molecule has 6 aromatic rings. The fourth-order valence-corrected chi connectivity index (χ4v) is 10.5. The molecule has 4 heterocycles. The molecule has 0 atom stereocenters. The van der Waals surface area contributed by atoms with Gasteiger partial charge in [-0.2, -0.15) is 17.5 Å². The third-order valence-electron chi connectivity index (χ3n) is 10.2. The first-order valence-electron chi connectivity index (χ1n) is 19.5. The Balaban J connectivity index is 1.05. The van der Waals surface area contributed by atoms with Crippen molar-refractivity contribution < 1.29 is 0 Å². The zero-order valence-electron chi connectivity index (χ0n) is 30.7. The minimum absolute atomic E-state index is 0.920. The molecule has 3 aromatic carbocycles. The second-order valence-electron chi connectivity index (χ2n) is 14.1. The lowest BCUT2D eigenvalue weighted by Gasteiger charge is -2.09. The molecule has 1 aliphatic rings. The van der Waals surface area contributed by atoms with Crippen molar-refractivity contribution in [2.45, 2.75) is 117 Å². The second kappa shape index (κ2) is 18.6. The molecule has 0 saturated carbocycles. The summed E-state index contributed by atoms with van der Waals surface area (Å²) in [5.41, 5.74) is 11.2. The first-order chi connectivity index (χ1) is 25.7. The van der Waals surface area contributed by atoms with Crippen LogP contribution in [0.1, 0.15) is 115 Å². The summed E-state index contributed by atoms with van der Waals surface area (Å²) in [5, 5.41) is 0. The average molecular weight is 763 g/mol. The number of thiophene rings is 2. The smallest absolute Gasteiger partial charge is 0.116 e. The van der Waals surface area contributed by atoms with Crippen molar-refractivity contribution in [2.24, 2.45) is 8.73 Å². The third kappa shape index (κ3) is 8.90. The van der Waals surface area contributed by atoms with Crippen molar-refractivity contribution in [2.75, 3.05) is 0 Å². The third-order valence-corrected chi connectivity index (χ3v) is 13.6. The summed E-state index contributed by atoms with van der Waals surface area (Å²) < 4.78 is 19.5. The SMILES string of the molecule is CCCCCCCCCc1ccc(-c2ccc(-c3c4c(c(-c5ccc(-c6ccc(CCCCCCCCC)cc6)s5)c5nsnc35)N=S=N4)s2)cc1. The highest BCUT2D eigenvalue weighted by molar-refractivity contribution is 7.58. The molecule has 3 aromatic heterocycles.